The number of benzene rings is 1. The first-order valence-corrected chi connectivity index (χ1v) is 8.16. The van der Waals surface area contributed by atoms with E-state index in [1.807, 2.05) is 7.05 Å². The van der Waals surface area contributed by atoms with E-state index in [9.17, 15) is 0 Å². The average molecular weight is 339 g/mol. The summed E-state index contributed by atoms with van der Waals surface area (Å²) >= 11 is 5.27. The Hall–Kier alpha value is -0.710. The summed E-state index contributed by atoms with van der Waals surface area (Å²) in [5, 5.41) is 4.21. The minimum absolute atomic E-state index is 0.622. The van der Waals surface area contributed by atoms with E-state index in [2.05, 4.69) is 64.3 Å². The molecule has 1 unspecified atom stereocenters. The number of nitrogens with zero attached hydrogens (tertiary/aromatic N) is 1. The largest absolute Gasteiger partial charge is 0.314 e. The van der Waals surface area contributed by atoms with Crippen molar-refractivity contribution in [3.8, 4) is 10.6 Å². The summed E-state index contributed by atoms with van der Waals surface area (Å²) in [4.78, 5) is 4.67. The van der Waals surface area contributed by atoms with Gasteiger partial charge >= 0.3 is 0 Å². The number of thiazole rings is 1. The van der Waals surface area contributed by atoms with E-state index in [4.69, 9.17) is 0 Å². The number of rotatable bonds is 5. The second-order valence-electron chi connectivity index (χ2n) is 4.70. The predicted octanol–water partition coefficient (Wildman–Crippen LogP) is 4.81. The maximum atomic E-state index is 4.67. The van der Waals surface area contributed by atoms with Gasteiger partial charge in [0.1, 0.15) is 5.01 Å². The van der Waals surface area contributed by atoms with Gasteiger partial charge in [-0.05, 0) is 40.9 Å². The van der Waals surface area contributed by atoms with Crippen molar-refractivity contribution in [3.63, 3.8) is 0 Å². The van der Waals surface area contributed by atoms with E-state index >= 15 is 0 Å². The second kappa shape index (κ2) is 6.64. The van der Waals surface area contributed by atoms with Crippen molar-refractivity contribution in [2.45, 2.75) is 32.7 Å². The highest BCUT2D eigenvalue weighted by atomic mass is 79.9. The standard InChI is InChI=1S/C15H19BrN2S/c1-4-10(2)11-5-7-12(8-6-11)15-18-13(9-17-3)14(16)19-15/h5-8,10,17H,4,9H2,1-3H3. The van der Waals surface area contributed by atoms with Crippen molar-refractivity contribution in [1.29, 1.82) is 0 Å². The van der Waals surface area contributed by atoms with Crippen LogP contribution in [0.1, 0.15) is 37.4 Å². The molecule has 1 atom stereocenters. The van der Waals surface area contributed by atoms with Crippen LogP contribution in [0.3, 0.4) is 0 Å². The molecule has 2 rings (SSSR count). The highest BCUT2D eigenvalue weighted by Gasteiger charge is 2.10. The highest BCUT2D eigenvalue weighted by Crippen LogP contribution is 2.32. The zero-order valence-corrected chi connectivity index (χ0v) is 13.9. The van der Waals surface area contributed by atoms with Crippen LogP contribution in [0.5, 0.6) is 0 Å². The van der Waals surface area contributed by atoms with Gasteiger partial charge in [0.05, 0.1) is 9.48 Å². The average Bonchev–Trinajstić information content (AvgIpc) is 2.80. The van der Waals surface area contributed by atoms with Gasteiger partial charge < -0.3 is 5.32 Å². The van der Waals surface area contributed by atoms with E-state index in [-0.39, 0.29) is 0 Å². The smallest absolute Gasteiger partial charge is 0.124 e. The van der Waals surface area contributed by atoms with E-state index in [0.29, 0.717) is 5.92 Å². The molecule has 0 saturated heterocycles. The molecular weight excluding hydrogens is 320 g/mol. The van der Waals surface area contributed by atoms with Gasteiger partial charge in [-0.3, -0.25) is 0 Å². The van der Waals surface area contributed by atoms with Gasteiger partial charge in [0, 0.05) is 12.1 Å². The molecule has 0 spiro atoms. The first-order valence-electron chi connectivity index (χ1n) is 6.55. The Labute approximate surface area is 127 Å². The summed E-state index contributed by atoms with van der Waals surface area (Å²) in [5.41, 5.74) is 3.67. The highest BCUT2D eigenvalue weighted by molar-refractivity contribution is 9.11. The number of nitrogens with one attached hydrogen (secondary N) is 1. The third-order valence-corrected chi connectivity index (χ3v) is 5.21. The first-order chi connectivity index (χ1) is 9.15. The Balaban J connectivity index is 2.24. The molecule has 0 radical (unpaired) electrons. The van der Waals surface area contributed by atoms with E-state index < -0.39 is 0 Å². The molecule has 4 heteroatoms. The molecule has 2 aromatic rings. The number of hydrogen-bond donors (Lipinski definition) is 1. The lowest BCUT2D eigenvalue weighted by Gasteiger charge is -2.08. The van der Waals surface area contributed by atoms with Crippen LogP contribution < -0.4 is 5.32 Å². The number of halogens is 1. The lowest BCUT2D eigenvalue weighted by molar-refractivity contribution is 0.734. The zero-order chi connectivity index (χ0) is 13.8. The van der Waals surface area contributed by atoms with Crippen molar-refractivity contribution in [1.82, 2.24) is 10.3 Å². The monoisotopic (exact) mass is 338 g/mol. The summed E-state index contributed by atoms with van der Waals surface area (Å²) in [6, 6.07) is 8.79. The lowest BCUT2D eigenvalue weighted by Crippen LogP contribution is -2.05. The van der Waals surface area contributed by atoms with Crippen molar-refractivity contribution >= 4 is 27.3 Å². The molecule has 0 fully saturated rings. The molecule has 102 valence electrons. The fraction of sp³-hybridized carbons (Fsp3) is 0.400. The minimum atomic E-state index is 0.622. The Morgan fingerprint density at radius 2 is 2.00 bits per heavy atom. The van der Waals surface area contributed by atoms with Crippen LogP contribution in [0.2, 0.25) is 0 Å². The second-order valence-corrected chi connectivity index (χ2v) is 7.02. The molecule has 2 nitrogen and oxygen atoms in total. The molecule has 1 aromatic heterocycles. The van der Waals surface area contributed by atoms with E-state index in [1.165, 1.54) is 17.5 Å². The summed E-state index contributed by atoms with van der Waals surface area (Å²) in [7, 11) is 1.94. The topological polar surface area (TPSA) is 24.9 Å². The SMILES string of the molecule is CCC(C)c1ccc(-c2nc(CNC)c(Br)s2)cc1. The van der Waals surface area contributed by atoms with Crippen molar-refractivity contribution in [3.05, 3.63) is 39.3 Å². The fourth-order valence-electron chi connectivity index (χ4n) is 1.92. The summed E-state index contributed by atoms with van der Waals surface area (Å²) in [5.74, 6) is 0.622. The number of hydrogen-bond acceptors (Lipinski definition) is 3. The summed E-state index contributed by atoms with van der Waals surface area (Å²) < 4.78 is 1.11. The Kier molecular flexibility index (Phi) is 5.13. The van der Waals surface area contributed by atoms with Gasteiger partial charge in [0.15, 0.2) is 0 Å². The summed E-state index contributed by atoms with van der Waals surface area (Å²) in [6.07, 6.45) is 1.18. The van der Waals surface area contributed by atoms with Gasteiger partial charge in [-0.2, -0.15) is 0 Å². The predicted molar refractivity (Wildman–Crippen MR) is 86.7 cm³/mol. The molecule has 0 amide bonds. The Bertz CT molecular complexity index is 534. The van der Waals surface area contributed by atoms with E-state index in [0.717, 1.165) is 21.0 Å². The molecule has 0 bridgehead atoms. The van der Waals surface area contributed by atoms with Crippen LogP contribution in [0, 0.1) is 0 Å². The molecule has 1 heterocycles. The molecule has 0 aliphatic heterocycles. The maximum Gasteiger partial charge on any atom is 0.124 e. The zero-order valence-electron chi connectivity index (χ0n) is 11.5. The normalized spacial score (nSPS) is 12.6. The van der Waals surface area contributed by atoms with Crippen molar-refractivity contribution in [2.75, 3.05) is 7.05 Å². The van der Waals surface area contributed by atoms with Crippen LogP contribution in [0.25, 0.3) is 10.6 Å². The van der Waals surface area contributed by atoms with Crippen LogP contribution in [0.15, 0.2) is 28.1 Å². The first kappa shape index (κ1) is 14.7. The molecule has 19 heavy (non-hydrogen) atoms. The van der Waals surface area contributed by atoms with Crippen LogP contribution >= 0.6 is 27.3 Å². The van der Waals surface area contributed by atoms with Crippen LogP contribution in [0.4, 0.5) is 0 Å². The van der Waals surface area contributed by atoms with Gasteiger partial charge in [0.2, 0.25) is 0 Å². The van der Waals surface area contributed by atoms with Crippen LogP contribution in [-0.4, -0.2) is 12.0 Å². The van der Waals surface area contributed by atoms with Crippen LogP contribution in [-0.2, 0) is 6.54 Å². The van der Waals surface area contributed by atoms with Gasteiger partial charge in [-0.15, -0.1) is 11.3 Å². The molecule has 0 aliphatic carbocycles. The summed E-state index contributed by atoms with van der Waals surface area (Å²) in [6.45, 7) is 5.28. The molecule has 0 aliphatic rings. The van der Waals surface area contributed by atoms with Gasteiger partial charge in [-0.25, -0.2) is 4.98 Å². The van der Waals surface area contributed by atoms with Crippen molar-refractivity contribution in [2.24, 2.45) is 0 Å². The van der Waals surface area contributed by atoms with Crippen molar-refractivity contribution < 1.29 is 0 Å². The quantitative estimate of drug-likeness (QED) is 0.846. The third-order valence-electron chi connectivity index (χ3n) is 3.33. The molecule has 1 N–H and O–H groups in total. The Morgan fingerprint density at radius 3 is 2.58 bits per heavy atom. The number of aromatic nitrogens is 1. The van der Waals surface area contributed by atoms with Gasteiger partial charge in [-0.1, -0.05) is 38.1 Å². The molecule has 0 saturated carbocycles. The van der Waals surface area contributed by atoms with E-state index in [1.54, 1.807) is 11.3 Å². The lowest BCUT2D eigenvalue weighted by atomic mass is 9.98. The fourth-order valence-corrected chi connectivity index (χ4v) is 3.43. The maximum absolute atomic E-state index is 4.67. The minimum Gasteiger partial charge on any atom is -0.314 e. The Morgan fingerprint density at radius 1 is 1.32 bits per heavy atom. The third kappa shape index (κ3) is 3.44. The molecular formula is C15H19BrN2S. The molecule has 1 aromatic carbocycles. The van der Waals surface area contributed by atoms with Gasteiger partial charge in [0.25, 0.3) is 0 Å².